The lowest BCUT2D eigenvalue weighted by molar-refractivity contribution is 0.256. The van der Waals surface area contributed by atoms with Crippen LogP contribution < -0.4 is 4.74 Å². The summed E-state index contributed by atoms with van der Waals surface area (Å²) in [7, 11) is 0. The number of aryl methyl sites for hydroxylation is 1. The Balaban J connectivity index is 2.13. The second-order valence-corrected chi connectivity index (χ2v) is 4.24. The van der Waals surface area contributed by atoms with Gasteiger partial charge in [-0.15, -0.1) is 0 Å². The summed E-state index contributed by atoms with van der Waals surface area (Å²) in [5.74, 6) is 0.605. The van der Waals surface area contributed by atoms with Crippen molar-refractivity contribution in [2.45, 2.75) is 26.7 Å². The molecule has 0 bridgehead atoms. The minimum atomic E-state index is -0.137. The molecule has 0 radical (unpaired) electrons. The van der Waals surface area contributed by atoms with E-state index in [4.69, 9.17) is 16.3 Å². The zero-order chi connectivity index (χ0) is 13.0. The van der Waals surface area contributed by atoms with Crippen LogP contribution in [0.15, 0.2) is 30.7 Å². The van der Waals surface area contributed by atoms with Gasteiger partial charge in [-0.2, -0.15) is 0 Å². The van der Waals surface area contributed by atoms with Gasteiger partial charge in [0.15, 0.2) is 0 Å². The first kappa shape index (κ1) is 12.9. The molecule has 0 unspecified atom stereocenters. The molecule has 2 rings (SSSR count). The molecule has 0 saturated carbocycles. The molecule has 0 fully saturated rings. The average molecular weight is 267 g/mol. The van der Waals surface area contributed by atoms with Crippen LogP contribution in [0.1, 0.15) is 18.2 Å². The van der Waals surface area contributed by atoms with E-state index >= 15 is 0 Å². The van der Waals surface area contributed by atoms with Gasteiger partial charge in [-0.1, -0.05) is 17.7 Å². The van der Waals surface area contributed by atoms with E-state index in [1.165, 1.54) is 0 Å². The Labute approximate surface area is 111 Å². The number of halogens is 1. The molecule has 1 aromatic heterocycles. The molecule has 0 saturated heterocycles. The van der Waals surface area contributed by atoms with Crippen molar-refractivity contribution in [2.75, 3.05) is 0 Å². The lowest BCUT2D eigenvalue weighted by Gasteiger charge is -2.12. The highest BCUT2D eigenvalue weighted by atomic mass is 35.5. The third-order valence-corrected chi connectivity index (χ3v) is 3.10. The van der Waals surface area contributed by atoms with E-state index in [1.807, 2.05) is 11.5 Å². The van der Waals surface area contributed by atoms with E-state index in [0.29, 0.717) is 22.9 Å². The van der Waals surface area contributed by atoms with Crippen LogP contribution in [0.25, 0.3) is 0 Å². The van der Waals surface area contributed by atoms with E-state index < -0.39 is 0 Å². The molecule has 0 atom stereocenters. The van der Waals surface area contributed by atoms with Crippen molar-refractivity contribution >= 4 is 11.6 Å². The second kappa shape index (κ2) is 5.89. The predicted molar refractivity (Wildman–Crippen MR) is 69.6 cm³/mol. The van der Waals surface area contributed by atoms with Gasteiger partial charge in [0.2, 0.25) is 0 Å². The number of imidazole rings is 1. The number of nitrogens with zero attached hydrogens (tertiary/aromatic N) is 2. The van der Waals surface area contributed by atoms with Crippen molar-refractivity contribution in [3.8, 4) is 5.75 Å². The number of aromatic nitrogens is 2. The third kappa shape index (κ3) is 2.66. The highest BCUT2D eigenvalue weighted by molar-refractivity contribution is 6.31. The van der Waals surface area contributed by atoms with Crippen LogP contribution in [0, 0.1) is 0 Å². The van der Waals surface area contributed by atoms with Crippen molar-refractivity contribution < 1.29 is 9.84 Å². The molecule has 0 amide bonds. The standard InChI is InChI=1S/C13H15ClN2O2/c1-2-16-9-15-6-10(16)8-18-13-5-3-4-12(14)11(13)7-17/h3-6,9,17H,2,7-8H2,1H3. The van der Waals surface area contributed by atoms with Gasteiger partial charge in [0.1, 0.15) is 12.4 Å². The summed E-state index contributed by atoms with van der Waals surface area (Å²) in [5.41, 5.74) is 1.60. The van der Waals surface area contributed by atoms with Crippen LogP contribution in [0.5, 0.6) is 5.75 Å². The summed E-state index contributed by atoms with van der Waals surface area (Å²) in [4.78, 5) is 4.07. The van der Waals surface area contributed by atoms with Crippen LogP contribution >= 0.6 is 11.6 Å². The molecule has 0 aliphatic carbocycles. The van der Waals surface area contributed by atoms with E-state index in [1.54, 1.807) is 30.7 Å². The fourth-order valence-corrected chi connectivity index (χ4v) is 1.96. The summed E-state index contributed by atoms with van der Waals surface area (Å²) in [6, 6.07) is 5.33. The summed E-state index contributed by atoms with van der Waals surface area (Å²) in [5, 5.41) is 9.79. The monoisotopic (exact) mass is 266 g/mol. The van der Waals surface area contributed by atoms with Crippen molar-refractivity contribution in [3.05, 3.63) is 47.0 Å². The highest BCUT2D eigenvalue weighted by Crippen LogP contribution is 2.26. The van der Waals surface area contributed by atoms with E-state index in [-0.39, 0.29) is 6.61 Å². The van der Waals surface area contributed by atoms with Gasteiger partial charge in [-0.05, 0) is 19.1 Å². The largest absolute Gasteiger partial charge is 0.487 e. The molecule has 0 aliphatic rings. The van der Waals surface area contributed by atoms with Gasteiger partial charge in [0, 0.05) is 17.1 Å². The zero-order valence-corrected chi connectivity index (χ0v) is 10.9. The molecule has 1 N–H and O–H groups in total. The van der Waals surface area contributed by atoms with E-state index in [0.717, 1.165) is 12.2 Å². The second-order valence-electron chi connectivity index (χ2n) is 3.83. The Kier molecular flexibility index (Phi) is 4.23. The molecule has 18 heavy (non-hydrogen) atoms. The topological polar surface area (TPSA) is 47.3 Å². The van der Waals surface area contributed by atoms with Crippen molar-refractivity contribution in [1.82, 2.24) is 9.55 Å². The summed E-state index contributed by atoms with van der Waals surface area (Å²) in [6.45, 7) is 3.16. The fraction of sp³-hybridized carbons (Fsp3) is 0.308. The first-order valence-corrected chi connectivity index (χ1v) is 6.14. The third-order valence-electron chi connectivity index (χ3n) is 2.75. The molecular formula is C13H15ClN2O2. The normalized spacial score (nSPS) is 10.6. The molecule has 5 heteroatoms. The number of hydrogen-bond donors (Lipinski definition) is 1. The maximum Gasteiger partial charge on any atom is 0.130 e. The van der Waals surface area contributed by atoms with Gasteiger partial charge in [0.25, 0.3) is 0 Å². The first-order valence-electron chi connectivity index (χ1n) is 5.76. The minimum Gasteiger partial charge on any atom is -0.487 e. The molecule has 0 spiro atoms. The number of aliphatic hydroxyl groups excluding tert-OH is 1. The van der Waals surface area contributed by atoms with E-state index in [2.05, 4.69) is 4.98 Å². The molecule has 0 aliphatic heterocycles. The van der Waals surface area contributed by atoms with Gasteiger partial charge in [0.05, 0.1) is 24.8 Å². The molecule has 2 aromatic rings. The molecule has 96 valence electrons. The number of aliphatic hydroxyl groups is 1. The summed E-state index contributed by atoms with van der Waals surface area (Å²) < 4.78 is 7.69. The van der Waals surface area contributed by atoms with Crippen LogP contribution in [-0.4, -0.2) is 14.7 Å². The van der Waals surface area contributed by atoms with Gasteiger partial charge in [-0.25, -0.2) is 4.98 Å². The maximum absolute atomic E-state index is 9.28. The fourth-order valence-electron chi connectivity index (χ4n) is 1.73. The van der Waals surface area contributed by atoms with Crippen LogP contribution in [0.4, 0.5) is 0 Å². The van der Waals surface area contributed by atoms with Crippen LogP contribution in [0.2, 0.25) is 5.02 Å². The first-order chi connectivity index (χ1) is 8.76. The molecule has 1 heterocycles. The number of hydrogen-bond acceptors (Lipinski definition) is 3. The number of benzene rings is 1. The predicted octanol–water partition coefficient (Wildman–Crippen LogP) is 2.63. The van der Waals surface area contributed by atoms with Crippen molar-refractivity contribution in [3.63, 3.8) is 0 Å². The summed E-state index contributed by atoms with van der Waals surface area (Å²) in [6.07, 6.45) is 3.54. The minimum absolute atomic E-state index is 0.137. The van der Waals surface area contributed by atoms with Crippen LogP contribution in [-0.2, 0) is 19.8 Å². The smallest absolute Gasteiger partial charge is 0.130 e. The zero-order valence-electron chi connectivity index (χ0n) is 10.1. The van der Waals surface area contributed by atoms with Gasteiger partial charge in [-0.3, -0.25) is 0 Å². The van der Waals surface area contributed by atoms with Gasteiger partial charge >= 0.3 is 0 Å². The van der Waals surface area contributed by atoms with Crippen molar-refractivity contribution in [2.24, 2.45) is 0 Å². The molecule has 4 nitrogen and oxygen atoms in total. The summed E-state index contributed by atoms with van der Waals surface area (Å²) >= 11 is 5.99. The Morgan fingerprint density at radius 3 is 3.00 bits per heavy atom. The SMILES string of the molecule is CCn1cncc1COc1cccc(Cl)c1CO. The van der Waals surface area contributed by atoms with Crippen LogP contribution in [0.3, 0.4) is 0 Å². The van der Waals surface area contributed by atoms with Crippen molar-refractivity contribution in [1.29, 1.82) is 0 Å². The average Bonchev–Trinajstić information content (AvgIpc) is 2.83. The lowest BCUT2D eigenvalue weighted by Crippen LogP contribution is -2.05. The number of ether oxygens (including phenoxy) is 1. The maximum atomic E-state index is 9.28. The highest BCUT2D eigenvalue weighted by Gasteiger charge is 2.08. The molecular weight excluding hydrogens is 252 g/mol. The Bertz CT molecular complexity index is 525. The lowest BCUT2D eigenvalue weighted by atomic mass is 10.2. The number of rotatable bonds is 5. The van der Waals surface area contributed by atoms with Gasteiger partial charge < -0.3 is 14.4 Å². The Morgan fingerprint density at radius 1 is 1.44 bits per heavy atom. The Morgan fingerprint density at radius 2 is 2.28 bits per heavy atom. The quantitative estimate of drug-likeness (QED) is 0.905. The molecule has 1 aromatic carbocycles. The van der Waals surface area contributed by atoms with E-state index in [9.17, 15) is 5.11 Å². The Hall–Kier alpha value is -1.52.